The number of nitrogens with zero attached hydrogens (tertiary/aromatic N) is 4. The topological polar surface area (TPSA) is 83.3 Å². The molecule has 1 saturated heterocycles. The van der Waals surface area contributed by atoms with Crippen molar-refractivity contribution < 1.29 is 18.7 Å². The molecule has 1 saturated carbocycles. The Morgan fingerprint density at radius 3 is 2.88 bits per heavy atom. The molecular weight excluding hydrogens is 428 g/mol. The summed E-state index contributed by atoms with van der Waals surface area (Å²) in [6.45, 7) is 1.14. The minimum Gasteiger partial charge on any atom is -0.393 e. The van der Waals surface area contributed by atoms with Gasteiger partial charge >= 0.3 is 6.03 Å². The summed E-state index contributed by atoms with van der Waals surface area (Å²) in [5.74, 6) is -0.0605. The zero-order valence-electron chi connectivity index (χ0n) is 18.3. The van der Waals surface area contributed by atoms with Gasteiger partial charge in [-0.2, -0.15) is 0 Å². The first kappa shape index (κ1) is 21.8. The van der Waals surface area contributed by atoms with E-state index in [-0.39, 0.29) is 24.1 Å². The van der Waals surface area contributed by atoms with E-state index in [1.807, 2.05) is 4.90 Å². The number of fused-ring (bicyclic) bond motifs is 1. The molecule has 1 aliphatic heterocycles. The van der Waals surface area contributed by atoms with Crippen LogP contribution in [0.4, 0.5) is 19.4 Å². The number of anilines is 1. The maximum atomic E-state index is 14.4. The predicted octanol–water partition coefficient (Wildman–Crippen LogP) is 4.16. The average Bonchev–Trinajstić information content (AvgIpc) is 3.46. The van der Waals surface area contributed by atoms with Gasteiger partial charge in [0, 0.05) is 18.7 Å². The molecule has 2 aliphatic rings. The Morgan fingerprint density at radius 1 is 1.15 bits per heavy atom. The number of pyridine rings is 1. The highest BCUT2D eigenvalue weighted by Crippen LogP contribution is 2.37. The summed E-state index contributed by atoms with van der Waals surface area (Å²) in [7, 11) is 0. The Bertz CT molecular complexity index is 1170. The van der Waals surface area contributed by atoms with Gasteiger partial charge in [0.05, 0.1) is 12.1 Å². The summed E-state index contributed by atoms with van der Waals surface area (Å²) < 4.78 is 29.6. The Kier molecular flexibility index (Phi) is 5.97. The van der Waals surface area contributed by atoms with Gasteiger partial charge in [-0.15, -0.1) is 0 Å². The predicted molar refractivity (Wildman–Crippen MR) is 120 cm³/mol. The van der Waals surface area contributed by atoms with Crippen molar-refractivity contribution in [2.45, 2.75) is 50.7 Å². The van der Waals surface area contributed by atoms with Crippen molar-refractivity contribution in [1.29, 1.82) is 0 Å². The van der Waals surface area contributed by atoms with Crippen molar-refractivity contribution in [2.24, 2.45) is 5.92 Å². The summed E-state index contributed by atoms with van der Waals surface area (Å²) in [5, 5.41) is 12.8. The zero-order valence-corrected chi connectivity index (χ0v) is 18.3. The maximum Gasteiger partial charge on any atom is 0.328 e. The number of aliphatic hydroxyl groups is 1. The van der Waals surface area contributed by atoms with E-state index < -0.39 is 11.6 Å². The smallest absolute Gasteiger partial charge is 0.328 e. The molecule has 33 heavy (non-hydrogen) atoms. The van der Waals surface area contributed by atoms with E-state index in [2.05, 4.69) is 15.3 Å². The summed E-state index contributed by atoms with van der Waals surface area (Å²) in [4.78, 5) is 23.8. The van der Waals surface area contributed by atoms with E-state index in [9.17, 15) is 18.7 Å². The number of rotatable bonds is 4. The minimum absolute atomic E-state index is 0.252. The number of aliphatic hydroxyl groups excluding tert-OH is 1. The highest BCUT2D eigenvalue weighted by molar-refractivity contribution is 5.87. The third-order valence-electron chi connectivity index (χ3n) is 6.76. The molecule has 0 radical (unpaired) electrons. The Morgan fingerprint density at radius 2 is 2.03 bits per heavy atom. The molecule has 1 aliphatic carbocycles. The SMILES string of the molecule is O=C(NCC1CCCC(O)C1)n1cnc2ccc(N3CCC[C@@H]3c3cc(F)ccc3F)nc21. The number of carbonyl (C=O) groups is 1. The third kappa shape index (κ3) is 4.42. The van der Waals surface area contributed by atoms with E-state index in [1.54, 1.807) is 12.1 Å². The Hall–Kier alpha value is -3.07. The number of aromatic nitrogens is 3. The van der Waals surface area contributed by atoms with Gasteiger partial charge in [0.1, 0.15) is 29.3 Å². The highest BCUT2D eigenvalue weighted by atomic mass is 19.1. The lowest BCUT2D eigenvalue weighted by Crippen LogP contribution is -2.35. The number of halogens is 2. The van der Waals surface area contributed by atoms with E-state index in [0.717, 1.165) is 37.8 Å². The molecule has 1 amide bonds. The molecular formula is C24H27F2N5O2. The normalized spacial score (nSPS) is 23.2. The number of imidazole rings is 1. The Balaban J connectivity index is 1.37. The van der Waals surface area contributed by atoms with Crippen LogP contribution >= 0.6 is 0 Å². The monoisotopic (exact) mass is 455 g/mol. The first-order valence-corrected chi connectivity index (χ1v) is 11.5. The second-order valence-corrected chi connectivity index (χ2v) is 9.02. The standard InChI is InChI=1S/C24H27F2N5O2/c25-16-6-7-19(26)18(12-16)21-5-2-10-30(21)22-9-8-20-23(29-22)31(14-28-20)24(33)27-13-15-3-1-4-17(32)11-15/h6-9,12,14-15,17,21,32H,1-5,10-11,13H2,(H,27,33)/t15?,17?,21-/m1/s1. The molecule has 3 aromatic rings. The third-order valence-corrected chi connectivity index (χ3v) is 6.76. The molecule has 2 fully saturated rings. The molecule has 2 aromatic heterocycles. The highest BCUT2D eigenvalue weighted by Gasteiger charge is 2.30. The summed E-state index contributed by atoms with van der Waals surface area (Å²) >= 11 is 0. The number of hydrogen-bond donors (Lipinski definition) is 2. The molecule has 1 aromatic carbocycles. The largest absolute Gasteiger partial charge is 0.393 e. The number of benzene rings is 1. The molecule has 3 heterocycles. The lowest BCUT2D eigenvalue weighted by Gasteiger charge is -2.26. The molecule has 2 N–H and O–H groups in total. The van der Waals surface area contributed by atoms with E-state index >= 15 is 0 Å². The second-order valence-electron chi connectivity index (χ2n) is 9.02. The van der Waals surface area contributed by atoms with Crippen LogP contribution in [-0.2, 0) is 0 Å². The van der Waals surface area contributed by atoms with Crippen LogP contribution in [0.1, 0.15) is 50.1 Å². The lowest BCUT2D eigenvalue weighted by atomic mass is 9.87. The van der Waals surface area contributed by atoms with E-state index in [0.29, 0.717) is 48.5 Å². The zero-order chi connectivity index (χ0) is 22.9. The van der Waals surface area contributed by atoms with Crippen molar-refractivity contribution in [3.8, 4) is 0 Å². The maximum absolute atomic E-state index is 14.4. The second kappa shape index (κ2) is 9.05. The van der Waals surface area contributed by atoms with Crippen molar-refractivity contribution in [2.75, 3.05) is 18.0 Å². The van der Waals surface area contributed by atoms with Crippen molar-refractivity contribution in [3.63, 3.8) is 0 Å². The van der Waals surface area contributed by atoms with Crippen LogP contribution in [0, 0.1) is 17.6 Å². The molecule has 0 spiro atoms. The lowest BCUT2D eigenvalue weighted by molar-refractivity contribution is 0.101. The van der Waals surface area contributed by atoms with Gasteiger partial charge in [-0.25, -0.2) is 28.1 Å². The van der Waals surface area contributed by atoms with Gasteiger partial charge in [-0.05, 0) is 68.4 Å². The van der Waals surface area contributed by atoms with Crippen LogP contribution in [0.2, 0.25) is 0 Å². The molecule has 3 atom stereocenters. The van der Waals surface area contributed by atoms with Crippen molar-refractivity contribution in [1.82, 2.24) is 19.9 Å². The van der Waals surface area contributed by atoms with Gasteiger partial charge in [0.2, 0.25) is 0 Å². The molecule has 7 nitrogen and oxygen atoms in total. The summed E-state index contributed by atoms with van der Waals surface area (Å²) in [5.41, 5.74) is 1.31. The number of nitrogens with one attached hydrogen (secondary N) is 1. The average molecular weight is 456 g/mol. The molecule has 174 valence electrons. The van der Waals surface area contributed by atoms with Gasteiger partial charge < -0.3 is 15.3 Å². The minimum atomic E-state index is -0.470. The van der Waals surface area contributed by atoms with Gasteiger partial charge in [0.25, 0.3) is 0 Å². The van der Waals surface area contributed by atoms with Crippen LogP contribution in [0.15, 0.2) is 36.7 Å². The van der Waals surface area contributed by atoms with Crippen LogP contribution in [0.3, 0.4) is 0 Å². The quantitative estimate of drug-likeness (QED) is 0.617. The molecule has 9 heteroatoms. The molecule has 0 bridgehead atoms. The van der Waals surface area contributed by atoms with Crippen LogP contribution in [0.25, 0.3) is 11.2 Å². The van der Waals surface area contributed by atoms with Crippen molar-refractivity contribution in [3.05, 3.63) is 53.9 Å². The van der Waals surface area contributed by atoms with Gasteiger partial charge in [-0.3, -0.25) is 0 Å². The Labute approximate surface area is 190 Å². The van der Waals surface area contributed by atoms with E-state index in [1.165, 1.54) is 17.0 Å². The summed E-state index contributed by atoms with van der Waals surface area (Å²) in [6, 6.07) is 6.46. The van der Waals surface area contributed by atoms with Crippen LogP contribution < -0.4 is 10.2 Å². The summed E-state index contributed by atoms with van der Waals surface area (Å²) in [6.07, 6.45) is 6.12. The fraction of sp³-hybridized carbons (Fsp3) is 0.458. The first-order chi connectivity index (χ1) is 16.0. The van der Waals surface area contributed by atoms with E-state index in [4.69, 9.17) is 0 Å². The van der Waals surface area contributed by atoms with Crippen LogP contribution in [-0.4, -0.2) is 44.9 Å². The van der Waals surface area contributed by atoms with Gasteiger partial charge in [0.15, 0.2) is 5.65 Å². The molecule has 2 unspecified atom stereocenters. The fourth-order valence-corrected chi connectivity index (χ4v) is 5.09. The number of amides is 1. The van der Waals surface area contributed by atoms with Crippen molar-refractivity contribution >= 4 is 23.0 Å². The number of hydrogen-bond acceptors (Lipinski definition) is 5. The first-order valence-electron chi connectivity index (χ1n) is 11.5. The molecule has 5 rings (SSSR count). The van der Waals surface area contributed by atoms with Gasteiger partial charge in [-0.1, -0.05) is 6.42 Å². The van der Waals surface area contributed by atoms with Crippen LogP contribution in [0.5, 0.6) is 0 Å². The fourth-order valence-electron chi connectivity index (χ4n) is 5.09. The number of carbonyl (C=O) groups excluding carboxylic acids is 1.